The summed E-state index contributed by atoms with van der Waals surface area (Å²) >= 11 is 0. The predicted molar refractivity (Wildman–Crippen MR) is 93.3 cm³/mol. The van der Waals surface area contributed by atoms with Crippen LogP contribution in [0, 0.1) is 0 Å². The highest BCUT2D eigenvalue weighted by atomic mass is 16.5. The maximum Gasteiger partial charge on any atom is 0.252 e. The van der Waals surface area contributed by atoms with Crippen LogP contribution in [-0.4, -0.2) is 38.1 Å². The van der Waals surface area contributed by atoms with Gasteiger partial charge in [-0.1, -0.05) is 24.3 Å². The van der Waals surface area contributed by atoms with Crippen molar-refractivity contribution in [2.45, 2.75) is 12.5 Å². The van der Waals surface area contributed by atoms with Gasteiger partial charge in [0.2, 0.25) is 0 Å². The summed E-state index contributed by atoms with van der Waals surface area (Å²) in [6.07, 6.45) is 0.969. The van der Waals surface area contributed by atoms with Crippen LogP contribution in [-0.2, 0) is 0 Å². The Balaban J connectivity index is 2.29. The first-order valence-corrected chi connectivity index (χ1v) is 7.82. The molecular formula is C19H21NO5. The van der Waals surface area contributed by atoms with E-state index < -0.39 is 6.04 Å². The number of hydrogen-bond acceptors (Lipinski definition) is 5. The van der Waals surface area contributed by atoms with Crippen LogP contribution in [0.5, 0.6) is 11.5 Å². The number of nitrogens with one attached hydrogen (secondary N) is 1. The zero-order valence-electron chi connectivity index (χ0n) is 14.2. The number of rotatable bonds is 8. The van der Waals surface area contributed by atoms with E-state index in [2.05, 4.69) is 5.32 Å². The maximum absolute atomic E-state index is 12.6. The quantitative estimate of drug-likeness (QED) is 0.719. The van der Waals surface area contributed by atoms with Gasteiger partial charge in [0.1, 0.15) is 0 Å². The molecule has 0 heterocycles. The Morgan fingerprint density at radius 3 is 2.52 bits per heavy atom. The van der Waals surface area contributed by atoms with Crippen molar-refractivity contribution >= 4 is 12.2 Å². The minimum atomic E-state index is -0.433. The monoisotopic (exact) mass is 343 g/mol. The molecule has 25 heavy (non-hydrogen) atoms. The van der Waals surface area contributed by atoms with Crippen molar-refractivity contribution in [2.24, 2.45) is 0 Å². The first kappa shape index (κ1) is 18.5. The summed E-state index contributed by atoms with van der Waals surface area (Å²) in [5, 5.41) is 12.2. The number of carbonyl (C=O) groups is 2. The Morgan fingerprint density at radius 1 is 1.16 bits per heavy atom. The molecule has 0 radical (unpaired) electrons. The van der Waals surface area contributed by atoms with E-state index in [0.29, 0.717) is 35.3 Å². The standard InChI is InChI=1S/C19H21NO5/c1-24-17-8-7-13(11-18(17)25-2)16(9-10-21)20-19(23)15-6-4-3-5-14(15)12-22/h3-8,11-12,16,21H,9-10H2,1-2H3,(H,20,23). The average Bonchev–Trinajstić information content (AvgIpc) is 2.66. The number of benzene rings is 2. The van der Waals surface area contributed by atoms with Gasteiger partial charge < -0.3 is 19.9 Å². The van der Waals surface area contributed by atoms with E-state index >= 15 is 0 Å². The number of aldehydes is 1. The summed E-state index contributed by atoms with van der Waals surface area (Å²) in [4.78, 5) is 23.7. The van der Waals surface area contributed by atoms with Crippen LogP contribution in [0.1, 0.15) is 38.7 Å². The van der Waals surface area contributed by atoms with Gasteiger partial charge >= 0.3 is 0 Å². The molecule has 1 atom stereocenters. The van der Waals surface area contributed by atoms with Crippen molar-refractivity contribution < 1.29 is 24.2 Å². The SMILES string of the molecule is COc1ccc(C(CCO)NC(=O)c2ccccc2C=O)cc1OC. The zero-order chi connectivity index (χ0) is 18.2. The Kier molecular flexibility index (Phi) is 6.54. The predicted octanol–water partition coefficient (Wildman–Crippen LogP) is 2.37. The van der Waals surface area contributed by atoms with Gasteiger partial charge in [-0.3, -0.25) is 9.59 Å². The molecular weight excluding hydrogens is 322 g/mol. The molecule has 0 saturated carbocycles. The molecule has 6 nitrogen and oxygen atoms in total. The highest BCUT2D eigenvalue weighted by Crippen LogP contribution is 2.31. The number of aliphatic hydroxyl groups is 1. The highest BCUT2D eigenvalue weighted by Gasteiger charge is 2.19. The molecule has 0 bridgehead atoms. The molecule has 0 spiro atoms. The van der Waals surface area contributed by atoms with Crippen LogP contribution < -0.4 is 14.8 Å². The molecule has 0 aromatic heterocycles. The lowest BCUT2D eigenvalue weighted by atomic mass is 10.0. The third kappa shape index (κ3) is 4.36. The van der Waals surface area contributed by atoms with Crippen LogP contribution in [0.3, 0.4) is 0 Å². The van der Waals surface area contributed by atoms with E-state index in [-0.39, 0.29) is 12.5 Å². The van der Waals surface area contributed by atoms with Gasteiger partial charge in [-0.15, -0.1) is 0 Å². The molecule has 2 N–H and O–H groups in total. The second-order valence-electron chi connectivity index (χ2n) is 5.36. The topological polar surface area (TPSA) is 84.9 Å². The lowest BCUT2D eigenvalue weighted by Crippen LogP contribution is -2.30. The van der Waals surface area contributed by atoms with Crippen LogP contribution in [0.25, 0.3) is 0 Å². The van der Waals surface area contributed by atoms with Gasteiger partial charge in [0.05, 0.1) is 20.3 Å². The first-order valence-electron chi connectivity index (χ1n) is 7.82. The number of amides is 1. The zero-order valence-corrected chi connectivity index (χ0v) is 14.2. The summed E-state index contributed by atoms with van der Waals surface area (Å²) in [6.45, 7) is -0.103. The molecule has 0 aliphatic carbocycles. The molecule has 132 valence electrons. The van der Waals surface area contributed by atoms with E-state index in [9.17, 15) is 14.7 Å². The van der Waals surface area contributed by atoms with Crippen molar-refractivity contribution in [1.29, 1.82) is 0 Å². The summed E-state index contributed by atoms with van der Waals surface area (Å²) in [6, 6.07) is 11.4. The number of aliphatic hydroxyl groups excluding tert-OH is 1. The normalized spacial score (nSPS) is 11.5. The average molecular weight is 343 g/mol. The van der Waals surface area contributed by atoms with Crippen molar-refractivity contribution in [1.82, 2.24) is 5.32 Å². The second-order valence-corrected chi connectivity index (χ2v) is 5.36. The summed E-state index contributed by atoms with van der Waals surface area (Å²) < 4.78 is 10.5. The third-order valence-corrected chi connectivity index (χ3v) is 3.87. The Hall–Kier alpha value is -2.86. The van der Waals surface area contributed by atoms with E-state index in [4.69, 9.17) is 9.47 Å². The largest absolute Gasteiger partial charge is 0.493 e. The molecule has 0 aliphatic heterocycles. The van der Waals surface area contributed by atoms with E-state index in [0.717, 1.165) is 5.56 Å². The van der Waals surface area contributed by atoms with E-state index in [1.54, 1.807) is 49.6 Å². The highest BCUT2D eigenvalue weighted by molar-refractivity contribution is 6.01. The Labute approximate surface area is 146 Å². The van der Waals surface area contributed by atoms with Crippen LogP contribution in [0.4, 0.5) is 0 Å². The van der Waals surface area contributed by atoms with Gasteiger partial charge in [-0.25, -0.2) is 0 Å². The Bertz CT molecular complexity index is 744. The summed E-state index contributed by atoms with van der Waals surface area (Å²) in [7, 11) is 3.07. The molecule has 6 heteroatoms. The molecule has 2 aromatic carbocycles. The number of hydrogen-bond donors (Lipinski definition) is 2. The third-order valence-electron chi connectivity index (χ3n) is 3.87. The van der Waals surface area contributed by atoms with Crippen molar-refractivity contribution in [3.8, 4) is 11.5 Å². The molecule has 0 saturated heterocycles. The second kappa shape index (κ2) is 8.84. The van der Waals surface area contributed by atoms with E-state index in [1.807, 2.05) is 0 Å². The lowest BCUT2D eigenvalue weighted by Gasteiger charge is -2.20. The first-order chi connectivity index (χ1) is 12.1. The van der Waals surface area contributed by atoms with Gasteiger partial charge in [0.25, 0.3) is 5.91 Å². The molecule has 1 unspecified atom stereocenters. The van der Waals surface area contributed by atoms with Crippen molar-refractivity contribution in [2.75, 3.05) is 20.8 Å². The number of ether oxygens (including phenoxy) is 2. The summed E-state index contributed by atoms with van der Waals surface area (Å²) in [5.41, 5.74) is 1.37. The molecule has 1 amide bonds. The number of carbonyl (C=O) groups excluding carboxylic acids is 2. The fourth-order valence-electron chi connectivity index (χ4n) is 2.56. The number of methoxy groups -OCH3 is 2. The van der Waals surface area contributed by atoms with Crippen molar-refractivity contribution in [3.05, 3.63) is 59.2 Å². The van der Waals surface area contributed by atoms with Gasteiger partial charge in [-0.2, -0.15) is 0 Å². The summed E-state index contributed by atoms with van der Waals surface area (Å²) in [5.74, 6) is 0.730. The Morgan fingerprint density at radius 2 is 1.88 bits per heavy atom. The smallest absolute Gasteiger partial charge is 0.252 e. The fraction of sp³-hybridized carbons (Fsp3) is 0.263. The maximum atomic E-state index is 12.6. The van der Waals surface area contributed by atoms with Gasteiger partial charge in [0, 0.05) is 17.7 Å². The molecule has 2 aromatic rings. The molecule has 0 aliphatic rings. The van der Waals surface area contributed by atoms with E-state index in [1.165, 1.54) is 7.11 Å². The van der Waals surface area contributed by atoms with Crippen molar-refractivity contribution in [3.63, 3.8) is 0 Å². The minimum Gasteiger partial charge on any atom is -0.493 e. The van der Waals surface area contributed by atoms with Crippen LogP contribution in [0.2, 0.25) is 0 Å². The lowest BCUT2D eigenvalue weighted by molar-refractivity contribution is 0.0925. The minimum absolute atomic E-state index is 0.103. The van der Waals surface area contributed by atoms with Crippen LogP contribution >= 0.6 is 0 Å². The van der Waals surface area contributed by atoms with Gasteiger partial charge in [-0.05, 0) is 30.2 Å². The van der Waals surface area contributed by atoms with Crippen LogP contribution in [0.15, 0.2) is 42.5 Å². The molecule has 0 fully saturated rings. The molecule has 2 rings (SSSR count). The fourth-order valence-corrected chi connectivity index (χ4v) is 2.56. The van der Waals surface area contributed by atoms with Gasteiger partial charge in [0.15, 0.2) is 17.8 Å².